The Morgan fingerprint density at radius 3 is 3.00 bits per heavy atom. The number of aromatic nitrogens is 2. The molecule has 1 saturated heterocycles. The van der Waals surface area contributed by atoms with Gasteiger partial charge in [-0.3, -0.25) is 9.48 Å². The third-order valence-electron chi connectivity index (χ3n) is 5.77. The molecule has 2 aliphatic rings. The predicted octanol–water partition coefficient (Wildman–Crippen LogP) is 2.52. The van der Waals surface area contributed by atoms with Crippen LogP contribution < -0.4 is 5.32 Å². The standard InChI is InChI=1S/C21H28N4O/c1-24-10-4-7-17(13-24)15-5-3-6-16(11-15)21(26)22-19-9-8-18-14-25(2)23-20(18)12-19/h3,5-6,11,14,17,19H,4,7-10,12-13H2,1-2H3,(H,22,26). The normalized spacial score (nSPS) is 23.5. The van der Waals surface area contributed by atoms with Crippen LogP contribution in [0.1, 0.15) is 52.4 Å². The summed E-state index contributed by atoms with van der Waals surface area (Å²) in [4.78, 5) is 15.2. The van der Waals surface area contributed by atoms with Crippen molar-refractivity contribution in [3.8, 4) is 0 Å². The van der Waals surface area contributed by atoms with Crippen LogP contribution in [0.4, 0.5) is 0 Å². The van der Waals surface area contributed by atoms with Gasteiger partial charge in [-0.15, -0.1) is 0 Å². The minimum absolute atomic E-state index is 0.0420. The van der Waals surface area contributed by atoms with E-state index in [-0.39, 0.29) is 11.9 Å². The third kappa shape index (κ3) is 3.68. The zero-order valence-electron chi connectivity index (χ0n) is 15.7. The number of carbonyl (C=O) groups excluding carboxylic acids is 1. The molecule has 2 aromatic rings. The molecule has 1 fully saturated rings. The van der Waals surface area contributed by atoms with Gasteiger partial charge in [-0.2, -0.15) is 5.10 Å². The molecule has 1 amide bonds. The number of piperidine rings is 1. The Morgan fingerprint density at radius 2 is 2.15 bits per heavy atom. The monoisotopic (exact) mass is 352 g/mol. The second-order valence-corrected chi connectivity index (χ2v) is 7.91. The summed E-state index contributed by atoms with van der Waals surface area (Å²) in [5, 5.41) is 7.75. The van der Waals surface area contributed by atoms with E-state index in [4.69, 9.17) is 0 Å². The summed E-state index contributed by atoms with van der Waals surface area (Å²) in [5.74, 6) is 0.577. The molecule has 2 atom stereocenters. The highest BCUT2D eigenvalue weighted by atomic mass is 16.1. The zero-order valence-corrected chi connectivity index (χ0v) is 15.7. The molecule has 26 heavy (non-hydrogen) atoms. The van der Waals surface area contributed by atoms with E-state index in [0.29, 0.717) is 5.92 Å². The summed E-state index contributed by atoms with van der Waals surface area (Å²) in [5.41, 5.74) is 4.52. The summed E-state index contributed by atoms with van der Waals surface area (Å²) >= 11 is 0. The Balaban J connectivity index is 1.43. The molecule has 138 valence electrons. The lowest BCUT2D eigenvalue weighted by atomic mass is 9.89. The van der Waals surface area contributed by atoms with E-state index in [1.807, 2.05) is 23.9 Å². The molecule has 1 aromatic heterocycles. The fourth-order valence-corrected chi connectivity index (χ4v) is 4.39. The lowest BCUT2D eigenvalue weighted by Gasteiger charge is -2.30. The Hall–Kier alpha value is -2.14. The summed E-state index contributed by atoms with van der Waals surface area (Å²) < 4.78 is 1.87. The first-order valence-corrected chi connectivity index (χ1v) is 9.69. The van der Waals surface area contributed by atoms with Crippen LogP contribution in [0.15, 0.2) is 30.5 Å². The number of nitrogens with zero attached hydrogens (tertiary/aromatic N) is 3. The zero-order chi connectivity index (χ0) is 18.1. The fraction of sp³-hybridized carbons (Fsp3) is 0.524. The summed E-state index contributed by atoms with van der Waals surface area (Å²) in [6.45, 7) is 2.25. The topological polar surface area (TPSA) is 50.2 Å². The summed E-state index contributed by atoms with van der Waals surface area (Å²) in [6, 6.07) is 8.39. The minimum Gasteiger partial charge on any atom is -0.349 e. The highest BCUT2D eigenvalue weighted by molar-refractivity contribution is 5.94. The van der Waals surface area contributed by atoms with Crippen molar-refractivity contribution in [3.63, 3.8) is 0 Å². The van der Waals surface area contributed by atoms with Crippen molar-refractivity contribution in [1.29, 1.82) is 0 Å². The van der Waals surface area contributed by atoms with Crippen LogP contribution >= 0.6 is 0 Å². The van der Waals surface area contributed by atoms with Crippen LogP contribution in [0.25, 0.3) is 0 Å². The number of likely N-dealkylation sites (tertiary alicyclic amines) is 1. The van der Waals surface area contributed by atoms with Crippen LogP contribution in [0.3, 0.4) is 0 Å². The maximum Gasteiger partial charge on any atom is 0.251 e. The number of hydrogen-bond donors (Lipinski definition) is 1. The van der Waals surface area contributed by atoms with Crippen molar-refractivity contribution in [1.82, 2.24) is 20.0 Å². The molecule has 4 rings (SSSR count). The first kappa shape index (κ1) is 17.3. The van der Waals surface area contributed by atoms with E-state index >= 15 is 0 Å². The number of carbonyl (C=O) groups is 1. The number of aryl methyl sites for hydroxylation is 2. The smallest absolute Gasteiger partial charge is 0.251 e. The van der Waals surface area contributed by atoms with E-state index in [2.05, 4.69) is 40.7 Å². The molecule has 0 bridgehead atoms. The van der Waals surface area contributed by atoms with Crippen molar-refractivity contribution in [2.24, 2.45) is 7.05 Å². The van der Waals surface area contributed by atoms with E-state index in [1.54, 1.807) is 0 Å². The van der Waals surface area contributed by atoms with Crippen molar-refractivity contribution < 1.29 is 4.79 Å². The molecule has 1 aromatic carbocycles. The van der Waals surface area contributed by atoms with Gasteiger partial charge in [0.1, 0.15) is 0 Å². The van der Waals surface area contributed by atoms with Gasteiger partial charge in [0.25, 0.3) is 5.91 Å². The van der Waals surface area contributed by atoms with Gasteiger partial charge in [0, 0.05) is 37.8 Å². The Bertz CT molecular complexity index is 797. The number of nitrogens with one attached hydrogen (secondary N) is 1. The Morgan fingerprint density at radius 1 is 1.27 bits per heavy atom. The molecule has 1 aliphatic heterocycles. The van der Waals surface area contributed by atoms with Gasteiger partial charge in [-0.25, -0.2) is 0 Å². The number of hydrogen-bond acceptors (Lipinski definition) is 3. The minimum atomic E-state index is 0.0420. The van der Waals surface area contributed by atoms with Crippen LogP contribution in [0, 0.1) is 0 Å². The molecule has 1 aliphatic carbocycles. The average molecular weight is 352 g/mol. The van der Waals surface area contributed by atoms with E-state index in [1.165, 1.54) is 30.5 Å². The largest absolute Gasteiger partial charge is 0.349 e. The molecule has 5 heteroatoms. The van der Waals surface area contributed by atoms with Crippen molar-refractivity contribution >= 4 is 5.91 Å². The second kappa shape index (κ2) is 7.23. The lowest BCUT2D eigenvalue weighted by Crippen LogP contribution is -2.39. The van der Waals surface area contributed by atoms with Crippen molar-refractivity contribution in [2.45, 2.75) is 44.1 Å². The van der Waals surface area contributed by atoms with E-state index in [0.717, 1.165) is 37.1 Å². The van der Waals surface area contributed by atoms with Gasteiger partial charge < -0.3 is 10.2 Å². The molecule has 2 heterocycles. The SMILES string of the molecule is CN1CCCC(c2cccc(C(=O)NC3CCc4cn(C)nc4C3)c2)C1. The molecule has 5 nitrogen and oxygen atoms in total. The van der Waals surface area contributed by atoms with Gasteiger partial charge >= 0.3 is 0 Å². The molecular formula is C21H28N4O. The Kier molecular flexibility index (Phi) is 4.81. The van der Waals surface area contributed by atoms with Crippen LogP contribution in [0.2, 0.25) is 0 Å². The fourth-order valence-electron chi connectivity index (χ4n) is 4.39. The first-order chi connectivity index (χ1) is 12.6. The number of fused-ring (bicyclic) bond motifs is 1. The highest BCUT2D eigenvalue weighted by Gasteiger charge is 2.24. The summed E-state index contributed by atoms with van der Waals surface area (Å²) in [7, 11) is 4.14. The maximum absolute atomic E-state index is 12.8. The first-order valence-electron chi connectivity index (χ1n) is 9.69. The molecule has 0 radical (unpaired) electrons. The van der Waals surface area contributed by atoms with Gasteiger partial charge in [0.05, 0.1) is 5.69 Å². The van der Waals surface area contributed by atoms with Gasteiger partial charge in [0.15, 0.2) is 0 Å². The number of benzene rings is 1. The Labute approximate surface area is 155 Å². The summed E-state index contributed by atoms with van der Waals surface area (Å²) in [6.07, 6.45) is 7.33. The van der Waals surface area contributed by atoms with E-state index < -0.39 is 0 Å². The predicted molar refractivity (Wildman–Crippen MR) is 102 cm³/mol. The molecule has 0 saturated carbocycles. The van der Waals surface area contributed by atoms with E-state index in [9.17, 15) is 4.79 Å². The number of amides is 1. The molecule has 0 spiro atoms. The quantitative estimate of drug-likeness (QED) is 0.923. The number of rotatable bonds is 3. The average Bonchev–Trinajstić information content (AvgIpc) is 3.01. The van der Waals surface area contributed by atoms with Crippen LogP contribution in [0.5, 0.6) is 0 Å². The maximum atomic E-state index is 12.8. The molecular weight excluding hydrogens is 324 g/mol. The van der Waals surface area contributed by atoms with Gasteiger partial charge in [-0.05, 0) is 68.5 Å². The number of likely N-dealkylation sites (N-methyl/N-ethyl adjacent to an activating group) is 1. The van der Waals surface area contributed by atoms with Crippen LogP contribution in [-0.4, -0.2) is 46.8 Å². The molecule has 2 unspecified atom stereocenters. The second-order valence-electron chi connectivity index (χ2n) is 7.91. The van der Waals surface area contributed by atoms with Crippen molar-refractivity contribution in [3.05, 3.63) is 52.8 Å². The highest BCUT2D eigenvalue weighted by Crippen LogP contribution is 2.27. The third-order valence-corrected chi connectivity index (χ3v) is 5.77. The van der Waals surface area contributed by atoms with Gasteiger partial charge in [-0.1, -0.05) is 12.1 Å². The van der Waals surface area contributed by atoms with Gasteiger partial charge in [0.2, 0.25) is 0 Å². The molecule has 1 N–H and O–H groups in total. The van der Waals surface area contributed by atoms with Crippen molar-refractivity contribution in [2.75, 3.05) is 20.1 Å². The lowest BCUT2D eigenvalue weighted by molar-refractivity contribution is 0.0933. The van der Waals surface area contributed by atoms with Crippen LogP contribution in [-0.2, 0) is 19.9 Å².